The summed E-state index contributed by atoms with van der Waals surface area (Å²) in [5.74, 6) is 0. The fourth-order valence-electron chi connectivity index (χ4n) is 2.16. The third-order valence-corrected chi connectivity index (χ3v) is 3.05. The predicted molar refractivity (Wildman–Crippen MR) is 70.4 cm³/mol. The van der Waals surface area contributed by atoms with Gasteiger partial charge in [-0.2, -0.15) is 10.4 Å². The molecule has 92 valence electrons. The zero-order valence-corrected chi connectivity index (χ0v) is 10.6. The Labute approximate surface area is 110 Å². The summed E-state index contributed by atoms with van der Waals surface area (Å²) in [7, 11) is 0. The molecule has 0 fully saturated rings. The number of nitriles is 1. The summed E-state index contributed by atoms with van der Waals surface area (Å²) in [6.07, 6.45) is 5.27. The Morgan fingerprint density at radius 1 is 1.26 bits per heavy atom. The largest absolute Gasteiger partial charge is 0.264 e. The number of nitrogens with zero attached hydrogens (tertiary/aromatic N) is 5. The molecule has 0 unspecified atom stereocenters. The highest BCUT2D eigenvalue weighted by Crippen LogP contribution is 2.24. The van der Waals surface area contributed by atoms with Gasteiger partial charge in [-0.15, -0.1) is 0 Å². The van der Waals surface area contributed by atoms with Crippen molar-refractivity contribution in [3.63, 3.8) is 0 Å². The van der Waals surface area contributed by atoms with Crippen molar-refractivity contribution < 1.29 is 0 Å². The zero-order valence-electron chi connectivity index (χ0n) is 10.6. The van der Waals surface area contributed by atoms with Crippen LogP contribution in [0.15, 0.2) is 30.7 Å². The Kier molecular flexibility index (Phi) is 2.50. The highest BCUT2D eigenvalue weighted by atomic mass is 15.3. The monoisotopic (exact) mass is 249 g/mol. The average Bonchev–Trinajstić information content (AvgIpc) is 2.74. The van der Waals surface area contributed by atoms with E-state index < -0.39 is 0 Å². The first-order valence-electron chi connectivity index (χ1n) is 5.88. The highest BCUT2D eigenvalue weighted by Gasteiger charge is 2.15. The zero-order chi connectivity index (χ0) is 13.4. The molecule has 0 atom stereocenters. The van der Waals surface area contributed by atoms with Crippen molar-refractivity contribution in [2.24, 2.45) is 0 Å². The maximum Gasteiger partial charge on any atom is 0.173 e. The number of fused-ring (bicyclic) bond motifs is 1. The molecule has 0 saturated heterocycles. The fraction of sp³-hybridized carbons (Fsp3) is 0.143. The average molecular weight is 249 g/mol. The van der Waals surface area contributed by atoms with Crippen molar-refractivity contribution in [1.29, 1.82) is 5.26 Å². The number of hydrogen-bond donors (Lipinski definition) is 0. The topological polar surface area (TPSA) is 66.9 Å². The normalized spacial score (nSPS) is 10.6. The van der Waals surface area contributed by atoms with E-state index >= 15 is 0 Å². The Balaban J connectivity index is 2.42. The molecule has 0 saturated carbocycles. The van der Waals surface area contributed by atoms with E-state index in [0.717, 1.165) is 16.8 Å². The Morgan fingerprint density at radius 3 is 2.79 bits per heavy atom. The van der Waals surface area contributed by atoms with E-state index in [9.17, 15) is 5.26 Å². The summed E-state index contributed by atoms with van der Waals surface area (Å²) in [6.45, 7) is 3.79. The number of pyridine rings is 1. The minimum absolute atomic E-state index is 0.519. The van der Waals surface area contributed by atoms with Gasteiger partial charge in [0.2, 0.25) is 0 Å². The van der Waals surface area contributed by atoms with Crippen LogP contribution in [0.1, 0.15) is 16.8 Å². The molecule has 3 aromatic rings. The minimum atomic E-state index is 0.519. The summed E-state index contributed by atoms with van der Waals surface area (Å²) in [5.41, 5.74) is 4.66. The number of hydrogen-bond acceptors (Lipinski definition) is 4. The smallest absolute Gasteiger partial charge is 0.173 e. The number of aromatic nitrogens is 4. The van der Waals surface area contributed by atoms with Gasteiger partial charge in [0.25, 0.3) is 0 Å². The van der Waals surface area contributed by atoms with Gasteiger partial charge in [-0.1, -0.05) is 0 Å². The molecular formula is C14H11N5. The van der Waals surface area contributed by atoms with Crippen molar-refractivity contribution >= 4 is 5.65 Å². The molecular weight excluding hydrogens is 238 g/mol. The van der Waals surface area contributed by atoms with Crippen LogP contribution in [0, 0.1) is 25.2 Å². The summed E-state index contributed by atoms with van der Waals surface area (Å²) >= 11 is 0. The molecule has 3 rings (SSSR count). The quantitative estimate of drug-likeness (QED) is 0.663. The molecule has 3 aromatic heterocycles. The van der Waals surface area contributed by atoms with E-state index in [-0.39, 0.29) is 0 Å². The number of aryl methyl sites for hydroxylation is 2. The lowest BCUT2D eigenvalue weighted by atomic mass is 10.1. The molecule has 3 heterocycles. The van der Waals surface area contributed by atoms with E-state index in [1.807, 2.05) is 26.0 Å². The highest BCUT2D eigenvalue weighted by molar-refractivity contribution is 5.68. The first-order valence-corrected chi connectivity index (χ1v) is 5.88. The molecule has 0 aliphatic rings. The van der Waals surface area contributed by atoms with Crippen LogP contribution >= 0.6 is 0 Å². The molecule has 0 radical (unpaired) electrons. The third kappa shape index (κ3) is 1.66. The first-order chi connectivity index (χ1) is 9.22. The van der Waals surface area contributed by atoms with Gasteiger partial charge in [-0.3, -0.25) is 4.98 Å². The van der Waals surface area contributed by atoms with Crippen molar-refractivity contribution in [3.05, 3.63) is 47.5 Å². The molecule has 0 aliphatic heterocycles. The van der Waals surface area contributed by atoms with E-state index in [4.69, 9.17) is 0 Å². The number of rotatable bonds is 1. The van der Waals surface area contributed by atoms with Crippen molar-refractivity contribution in [2.45, 2.75) is 13.8 Å². The van der Waals surface area contributed by atoms with Gasteiger partial charge in [0.1, 0.15) is 11.6 Å². The van der Waals surface area contributed by atoms with Crippen molar-refractivity contribution in [2.75, 3.05) is 0 Å². The lowest BCUT2D eigenvalue weighted by Gasteiger charge is -2.07. The molecule has 0 spiro atoms. The minimum Gasteiger partial charge on any atom is -0.264 e. The van der Waals surface area contributed by atoms with Crippen LogP contribution in [0.3, 0.4) is 0 Å². The van der Waals surface area contributed by atoms with E-state index in [1.165, 1.54) is 0 Å². The Morgan fingerprint density at radius 2 is 2.11 bits per heavy atom. The molecule has 5 heteroatoms. The molecule has 0 bridgehead atoms. The molecule has 0 amide bonds. The van der Waals surface area contributed by atoms with Gasteiger partial charge >= 0.3 is 0 Å². The van der Waals surface area contributed by atoms with Gasteiger partial charge in [0.15, 0.2) is 5.65 Å². The first kappa shape index (κ1) is 11.4. The van der Waals surface area contributed by atoms with Crippen LogP contribution in [0.4, 0.5) is 0 Å². The van der Waals surface area contributed by atoms with Gasteiger partial charge in [0, 0.05) is 24.2 Å². The standard InChI is InChI=1S/C14H11N5/c1-9-7-17-14-12(6-15)10(2)18-19(14)13(9)11-4-3-5-16-8-11/h3-5,7-8H,1-2H3. The van der Waals surface area contributed by atoms with E-state index in [2.05, 4.69) is 21.1 Å². The predicted octanol–water partition coefficient (Wildman–Crippen LogP) is 2.28. The molecule has 0 aromatic carbocycles. The van der Waals surface area contributed by atoms with Crippen molar-refractivity contribution in [1.82, 2.24) is 19.6 Å². The lowest BCUT2D eigenvalue weighted by Crippen LogP contribution is -1.99. The van der Waals surface area contributed by atoms with Gasteiger partial charge in [0.05, 0.1) is 11.4 Å². The molecule has 0 N–H and O–H groups in total. The Hall–Kier alpha value is -2.74. The van der Waals surface area contributed by atoms with E-state index in [0.29, 0.717) is 16.9 Å². The Bertz CT molecular complexity index is 796. The summed E-state index contributed by atoms with van der Waals surface area (Å²) < 4.78 is 1.72. The van der Waals surface area contributed by atoms with Crippen LogP contribution in [-0.2, 0) is 0 Å². The summed E-state index contributed by atoms with van der Waals surface area (Å²) in [5, 5.41) is 13.6. The molecule has 0 aliphatic carbocycles. The maximum atomic E-state index is 9.18. The molecule has 19 heavy (non-hydrogen) atoms. The lowest BCUT2D eigenvalue weighted by molar-refractivity contribution is 0.915. The second kappa shape index (κ2) is 4.18. The van der Waals surface area contributed by atoms with Crippen LogP contribution in [0.25, 0.3) is 16.9 Å². The fourth-order valence-corrected chi connectivity index (χ4v) is 2.16. The van der Waals surface area contributed by atoms with Crippen LogP contribution in [0.5, 0.6) is 0 Å². The van der Waals surface area contributed by atoms with Crippen molar-refractivity contribution in [3.8, 4) is 17.3 Å². The second-order valence-corrected chi connectivity index (χ2v) is 4.34. The SMILES string of the molecule is Cc1cnc2c(C#N)c(C)nn2c1-c1cccnc1. The van der Waals surface area contributed by atoms with E-state index in [1.54, 1.807) is 23.1 Å². The summed E-state index contributed by atoms with van der Waals surface area (Å²) in [4.78, 5) is 8.45. The summed E-state index contributed by atoms with van der Waals surface area (Å²) in [6, 6.07) is 6.00. The second-order valence-electron chi connectivity index (χ2n) is 4.34. The maximum absolute atomic E-state index is 9.18. The van der Waals surface area contributed by atoms with Gasteiger partial charge < -0.3 is 0 Å². The van der Waals surface area contributed by atoms with Crippen LogP contribution in [-0.4, -0.2) is 19.6 Å². The van der Waals surface area contributed by atoms with Crippen LogP contribution < -0.4 is 0 Å². The van der Waals surface area contributed by atoms with Gasteiger partial charge in [-0.05, 0) is 31.5 Å². The molecule has 5 nitrogen and oxygen atoms in total. The third-order valence-electron chi connectivity index (χ3n) is 3.05. The van der Waals surface area contributed by atoms with Crippen LogP contribution in [0.2, 0.25) is 0 Å². The van der Waals surface area contributed by atoms with Gasteiger partial charge in [-0.25, -0.2) is 9.50 Å².